The van der Waals surface area contributed by atoms with Crippen molar-refractivity contribution in [2.45, 2.75) is 26.4 Å². The minimum absolute atomic E-state index is 0.273. The van der Waals surface area contributed by atoms with Crippen LogP contribution in [0.1, 0.15) is 20.3 Å². The molecular weight excluding hydrogens is 100 g/mol. The SMILES string of the molecule is CC/C=C\C(C)OC. The molecule has 0 aromatic carbocycles. The summed E-state index contributed by atoms with van der Waals surface area (Å²) in [7, 11) is 1.71. The highest BCUT2D eigenvalue weighted by atomic mass is 16.5. The van der Waals surface area contributed by atoms with E-state index in [-0.39, 0.29) is 6.10 Å². The highest BCUT2D eigenvalue weighted by molar-refractivity contribution is 4.85. The summed E-state index contributed by atoms with van der Waals surface area (Å²) in [5, 5.41) is 0. The zero-order valence-corrected chi connectivity index (χ0v) is 5.85. The third-order valence-electron chi connectivity index (χ3n) is 1.01. The van der Waals surface area contributed by atoms with Crippen LogP contribution >= 0.6 is 0 Å². The molecule has 0 amide bonds. The van der Waals surface area contributed by atoms with Crippen LogP contribution in [0.4, 0.5) is 0 Å². The van der Waals surface area contributed by atoms with Gasteiger partial charge < -0.3 is 4.74 Å². The number of hydrogen-bond donors (Lipinski definition) is 0. The van der Waals surface area contributed by atoms with Gasteiger partial charge in [0.1, 0.15) is 0 Å². The maximum Gasteiger partial charge on any atom is 0.0723 e. The highest BCUT2D eigenvalue weighted by Crippen LogP contribution is 1.90. The van der Waals surface area contributed by atoms with Crippen molar-refractivity contribution in [2.75, 3.05) is 7.11 Å². The molecule has 0 aliphatic carbocycles. The summed E-state index contributed by atoms with van der Waals surface area (Å²) >= 11 is 0. The Kier molecular flexibility index (Phi) is 4.67. The Morgan fingerprint density at radius 3 is 2.62 bits per heavy atom. The average molecular weight is 114 g/mol. The summed E-state index contributed by atoms with van der Waals surface area (Å²) in [6.07, 6.45) is 5.52. The number of methoxy groups -OCH3 is 1. The fraction of sp³-hybridized carbons (Fsp3) is 0.714. The summed E-state index contributed by atoms with van der Waals surface area (Å²) < 4.78 is 4.97. The third-order valence-corrected chi connectivity index (χ3v) is 1.01. The molecule has 1 unspecified atom stereocenters. The molecule has 0 aliphatic heterocycles. The third kappa shape index (κ3) is 3.88. The summed E-state index contributed by atoms with van der Waals surface area (Å²) in [6, 6.07) is 0. The molecule has 0 aromatic heterocycles. The molecule has 1 nitrogen and oxygen atoms in total. The first-order chi connectivity index (χ1) is 3.81. The highest BCUT2D eigenvalue weighted by Gasteiger charge is 1.86. The predicted octanol–water partition coefficient (Wildman–Crippen LogP) is 1.99. The van der Waals surface area contributed by atoms with E-state index < -0.39 is 0 Å². The summed E-state index contributed by atoms with van der Waals surface area (Å²) in [6.45, 7) is 4.13. The van der Waals surface area contributed by atoms with Crippen molar-refractivity contribution in [1.29, 1.82) is 0 Å². The van der Waals surface area contributed by atoms with E-state index in [1.165, 1.54) is 0 Å². The monoisotopic (exact) mass is 114 g/mol. The molecule has 0 heterocycles. The molecule has 0 spiro atoms. The van der Waals surface area contributed by atoms with Gasteiger partial charge in [0.15, 0.2) is 0 Å². The van der Waals surface area contributed by atoms with E-state index in [9.17, 15) is 0 Å². The number of allylic oxidation sites excluding steroid dienone is 1. The predicted molar refractivity (Wildman–Crippen MR) is 35.9 cm³/mol. The van der Waals surface area contributed by atoms with Crippen LogP contribution < -0.4 is 0 Å². The zero-order chi connectivity index (χ0) is 6.41. The Hall–Kier alpha value is -0.300. The molecule has 8 heavy (non-hydrogen) atoms. The van der Waals surface area contributed by atoms with Gasteiger partial charge in [0, 0.05) is 7.11 Å². The molecule has 0 bridgehead atoms. The maximum atomic E-state index is 4.97. The van der Waals surface area contributed by atoms with Crippen molar-refractivity contribution in [1.82, 2.24) is 0 Å². The Morgan fingerprint density at radius 1 is 1.62 bits per heavy atom. The molecule has 48 valence electrons. The first kappa shape index (κ1) is 7.70. The van der Waals surface area contributed by atoms with Crippen molar-refractivity contribution >= 4 is 0 Å². The van der Waals surface area contributed by atoms with Gasteiger partial charge in [-0.3, -0.25) is 0 Å². The molecule has 1 heteroatoms. The van der Waals surface area contributed by atoms with Crippen molar-refractivity contribution in [3.05, 3.63) is 12.2 Å². The lowest BCUT2D eigenvalue weighted by Gasteiger charge is -1.99. The topological polar surface area (TPSA) is 9.23 Å². The van der Waals surface area contributed by atoms with Crippen LogP contribution in [0.25, 0.3) is 0 Å². The lowest BCUT2D eigenvalue weighted by atomic mass is 10.3. The minimum atomic E-state index is 0.273. The molecule has 0 fully saturated rings. The second kappa shape index (κ2) is 4.85. The summed E-state index contributed by atoms with van der Waals surface area (Å²) in [5.41, 5.74) is 0. The van der Waals surface area contributed by atoms with Gasteiger partial charge in [-0.25, -0.2) is 0 Å². The van der Waals surface area contributed by atoms with E-state index in [2.05, 4.69) is 19.1 Å². The molecule has 0 saturated carbocycles. The Balaban J connectivity index is 3.21. The maximum absolute atomic E-state index is 4.97. The molecular formula is C7H14O. The van der Waals surface area contributed by atoms with Crippen LogP contribution in [0.2, 0.25) is 0 Å². The minimum Gasteiger partial charge on any atom is -0.378 e. The largest absolute Gasteiger partial charge is 0.378 e. The molecule has 0 aromatic rings. The fourth-order valence-electron chi connectivity index (χ4n) is 0.406. The van der Waals surface area contributed by atoms with Crippen molar-refractivity contribution in [3.8, 4) is 0 Å². The first-order valence-corrected chi connectivity index (χ1v) is 3.00. The fourth-order valence-corrected chi connectivity index (χ4v) is 0.406. The second-order valence-corrected chi connectivity index (χ2v) is 1.78. The van der Waals surface area contributed by atoms with Gasteiger partial charge in [0.05, 0.1) is 6.10 Å². The number of ether oxygens (including phenoxy) is 1. The molecule has 0 aliphatic rings. The van der Waals surface area contributed by atoms with Crippen LogP contribution in [0.3, 0.4) is 0 Å². The van der Waals surface area contributed by atoms with Crippen LogP contribution in [-0.2, 0) is 4.74 Å². The van der Waals surface area contributed by atoms with E-state index in [1.807, 2.05) is 6.92 Å². The van der Waals surface area contributed by atoms with Crippen LogP contribution in [-0.4, -0.2) is 13.2 Å². The number of hydrogen-bond acceptors (Lipinski definition) is 1. The van der Waals surface area contributed by atoms with Gasteiger partial charge in [0.25, 0.3) is 0 Å². The van der Waals surface area contributed by atoms with Crippen LogP contribution in [0.15, 0.2) is 12.2 Å². The standard InChI is InChI=1S/C7H14O/c1-4-5-6-7(2)8-3/h5-7H,4H2,1-3H3/b6-5-. The molecule has 0 saturated heterocycles. The molecule has 1 atom stereocenters. The molecule has 0 radical (unpaired) electrons. The smallest absolute Gasteiger partial charge is 0.0723 e. The summed E-state index contributed by atoms with van der Waals surface area (Å²) in [5.74, 6) is 0. The molecule has 0 rings (SSSR count). The van der Waals surface area contributed by atoms with Gasteiger partial charge in [-0.05, 0) is 13.3 Å². The van der Waals surface area contributed by atoms with Crippen molar-refractivity contribution in [3.63, 3.8) is 0 Å². The van der Waals surface area contributed by atoms with E-state index in [0.29, 0.717) is 0 Å². The first-order valence-electron chi connectivity index (χ1n) is 3.00. The normalized spacial score (nSPS) is 14.9. The van der Waals surface area contributed by atoms with Crippen molar-refractivity contribution < 1.29 is 4.74 Å². The second-order valence-electron chi connectivity index (χ2n) is 1.78. The Bertz CT molecular complexity index is 66.8. The van der Waals surface area contributed by atoms with E-state index in [0.717, 1.165) is 6.42 Å². The van der Waals surface area contributed by atoms with E-state index in [4.69, 9.17) is 4.74 Å². The van der Waals surface area contributed by atoms with Gasteiger partial charge in [-0.15, -0.1) is 0 Å². The lowest BCUT2D eigenvalue weighted by Crippen LogP contribution is -1.97. The van der Waals surface area contributed by atoms with E-state index in [1.54, 1.807) is 7.11 Å². The lowest BCUT2D eigenvalue weighted by molar-refractivity contribution is 0.156. The Labute approximate surface area is 51.4 Å². The molecule has 0 N–H and O–H groups in total. The van der Waals surface area contributed by atoms with Crippen molar-refractivity contribution in [2.24, 2.45) is 0 Å². The van der Waals surface area contributed by atoms with Crippen LogP contribution in [0.5, 0.6) is 0 Å². The van der Waals surface area contributed by atoms with Gasteiger partial charge in [-0.1, -0.05) is 19.1 Å². The zero-order valence-electron chi connectivity index (χ0n) is 5.85. The Morgan fingerprint density at radius 2 is 2.25 bits per heavy atom. The van der Waals surface area contributed by atoms with Gasteiger partial charge in [0.2, 0.25) is 0 Å². The average Bonchev–Trinajstić information content (AvgIpc) is 1.83. The van der Waals surface area contributed by atoms with E-state index >= 15 is 0 Å². The van der Waals surface area contributed by atoms with Gasteiger partial charge in [-0.2, -0.15) is 0 Å². The number of rotatable bonds is 3. The van der Waals surface area contributed by atoms with Gasteiger partial charge >= 0.3 is 0 Å². The van der Waals surface area contributed by atoms with Crippen LogP contribution in [0, 0.1) is 0 Å². The summed E-state index contributed by atoms with van der Waals surface area (Å²) in [4.78, 5) is 0. The quantitative estimate of drug-likeness (QED) is 0.510.